The van der Waals surface area contributed by atoms with Crippen molar-refractivity contribution >= 4 is 23.0 Å². The molecule has 0 saturated carbocycles. The lowest BCUT2D eigenvalue weighted by Crippen LogP contribution is -2.36. The van der Waals surface area contributed by atoms with Crippen LogP contribution in [0.4, 0.5) is 10.1 Å². The standard InChI is InChI=1S/C12H11FN4S/c13-8-2-1-3-9(6-8)17-10(7-16-12(17)14)11-15-4-5-18-11/h1-6,10H,7H2,(H2,14,16). The summed E-state index contributed by atoms with van der Waals surface area (Å²) < 4.78 is 13.3. The number of aliphatic imine (C=N–C) groups is 1. The van der Waals surface area contributed by atoms with Crippen LogP contribution in [-0.2, 0) is 0 Å². The number of thiazole rings is 1. The second-order valence-corrected chi connectivity index (χ2v) is 4.86. The molecule has 1 atom stereocenters. The fourth-order valence-electron chi connectivity index (χ4n) is 2.02. The van der Waals surface area contributed by atoms with E-state index in [2.05, 4.69) is 9.98 Å². The van der Waals surface area contributed by atoms with Crippen molar-refractivity contribution in [1.29, 1.82) is 0 Å². The summed E-state index contributed by atoms with van der Waals surface area (Å²) in [5.74, 6) is 0.117. The molecule has 2 heterocycles. The van der Waals surface area contributed by atoms with Gasteiger partial charge in [0.15, 0.2) is 5.96 Å². The van der Waals surface area contributed by atoms with Crippen molar-refractivity contribution in [2.45, 2.75) is 6.04 Å². The van der Waals surface area contributed by atoms with Gasteiger partial charge in [-0.25, -0.2) is 9.37 Å². The van der Waals surface area contributed by atoms with Crippen molar-refractivity contribution in [3.63, 3.8) is 0 Å². The molecule has 6 heteroatoms. The third kappa shape index (κ3) is 1.84. The summed E-state index contributed by atoms with van der Waals surface area (Å²) in [6.45, 7) is 0.551. The van der Waals surface area contributed by atoms with E-state index in [1.54, 1.807) is 23.6 Å². The van der Waals surface area contributed by atoms with E-state index in [-0.39, 0.29) is 11.9 Å². The highest BCUT2D eigenvalue weighted by Gasteiger charge is 2.30. The molecule has 1 aromatic carbocycles. The lowest BCUT2D eigenvalue weighted by molar-refractivity contribution is 0.626. The molecule has 2 N–H and O–H groups in total. The molecule has 3 rings (SSSR count). The number of aromatic nitrogens is 1. The van der Waals surface area contributed by atoms with Crippen LogP contribution in [0.15, 0.2) is 40.8 Å². The Morgan fingerprint density at radius 1 is 1.44 bits per heavy atom. The third-order valence-corrected chi connectivity index (χ3v) is 3.68. The van der Waals surface area contributed by atoms with E-state index in [4.69, 9.17) is 5.73 Å². The fraction of sp³-hybridized carbons (Fsp3) is 0.167. The summed E-state index contributed by atoms with van der Waals surface area (Å²) in [7, 11) is 0. The lowest BCUT2D eigenvalue weighted by Gasteiger charge is -2.24. The molecule has 0 fully saturated rings. The van der Waals surface area contributed by atoms with Crippen LogP contribution in [0.3, 0.4) is 0 Å². The van der Waals surface area contributed by atoms with Crippen LogP contribution in [0.2, 0.25) is 0 Å². The van der Waals surface area contributed by atoms with Gasteiger partial charge in [0.1, 0.15) is 16.9 Å². The molecule has 4 nitrogen and oxygen atoms in total. The van der Waals surface area contributed by atoms with Crippen LogP contribution in [0.5, 0.6) is 0 Å². The number of guanidine groups is 1. The molecule has 0 amide bonds. The van der Waals surface area contributed by atoms with E-state index in [9.17, 15) is 4.39 Å². The maximum atomic E-state index is 13.3. The van der Waals surface area contributed by atoms with Crippen LogP contribution in [0.25, 0.3) is 0 Å². The van der Waals surface area contributed by atoms with Gasteiger partial charge in [0.25, 0.3) is 0 Å². The van der Waals surface area contributed by atoms with Gasteiger partial charge in [-0.1, -0.05) is 6.07 Å². The summed E-state index contributed by atoms with van der Waals surface area (Å²) in [4.78, 5) is 10.3. The normalized spacial score (nSPS) is 19.1. The van der Waals surface area contributed by atoms with Crippen LogP contribution < -0.4 is 10.6 Å². The topological polar surface area (TPSA) is 54.5 Å². The zero-order valence-corrected chi connectivity index (χ0v) is 10.3. The number of nitrogens with zero attached hydrogens (tertiary/aromatic N) is 3. The minimum absolute atomic E-state index is 0.0354. The van der Waals surface area contributed by atoms with Gasteiger partial charge in [-0.2, -0.15) is 0 Å². The maximum Gasteiger partial charge on any atom is 0.196 e. The van der Waals surface area contributed by atoms with Crippen molar-refractivity contribution < 1.29 is 4.39 Å². The fourth-order valence-corrected chi connectivity index (χ4v) is 2.74. The van der Waals surface area contributed by atoms with Gasteiger partial charge in [0.2, 0.25) is 0 Å². The number of nitrogens with two attached hydrogens (primary N) is 1. The molecule has 92 valence electrons. The lowest BCUT2D eigenvalue weighted by atomic mass is 10.2. The first-order valence-corrected chi connectivity index (χ1v) is 6.38. The summed E-state index contributed by atoms with van der Waals surface area (Å²) >= 11 is 1.55. The third-order valence-electron chi connectivity index (χ3n) is 2.81. The first kappa shape index (κ1) is 11.2. The van der Waals surface area contributed by atoms with Crippen molar-refractivity contribution in [2.24, 2.45) is 10.7 Å². The van der Waals surface area contributed by atoms with E-state index < -0.39 is 0 Å². The highest BCUT2D eigenvalue weighted by Crippen LogP contribution is 2.32. The van der Waals surface area contributed by atoms with Crippen LogP contribution in [0, 0.1) is 5.82 Å². The second kappa shape index (κ2) is 4.38. The minimum atomic E-state index is -0.287. The summed E-state index contributed by atoms with van der Waals surface area (Å²) in [6, 6.07) is 6.30. The van der Waals surface area contributed by atoms with Gasteiger partial charge < -0.3 is 10.6 Å². The van der Waals surface area contributed by atoms with E-state index in [1.807, 2.05) is 16.3 Å². The monoisotopic (exact) mass is 262 g/mol. The molecule has 0 aliphatic carbocycles. The Balaban J connectivity index is 1.99. The van der Waals surface area contributed by atoms with Gasteiger partial charge in [-0.3, -0.25) is 4.99 Å². The quantitative estimate of drug-likeness (QED) is 0.902. The number of hydrogen-bond donors (Lipinski definition) is 1. The van der Waals surface area contributed by atoms with Crippen molar-refractivity contribution in [3.8, 4) is 0 Å². The highest BCUT2D eigenvalue weighted by atomic mass is 32.1. The molecular weight excluding hydrogens is 251 g/mol. The number of rotatable bonds is 2. The van der Waals surface area contributed by atoms with E-state index >= 15 is 0 Å². The predicted octanol–water partition coefficient (Wildman–Crippen LogP) is 2.16. The second-order valence-electron chi connectivity index (χ2n) is 3.93. The number of anilines is 1. The van der Waals surface area contributed by atoms with Crippen molar-refractivity contribution in [1.82, 2.24) is 4.98 Å². The Labute approximate surface area is 108 Å². The van der Waals surface area contributed by atoms with Crippen LogP contribution in [-0.4, -0.2) is 17.5 Å². The summed E-state index contributed by atoms with van der Waals surface area (Å²) in [5.41, 5.74) is 6.59. The SMILES string of the molecule is NC1=NCC(c2nccs2)N1c1cccc(F)c1. The first-order valence-electron chi connectivity index (χ1n) is 5.50. The van der Waals surface area contributed by atoms with Gasteiger partial charge in [-0.05, 0) is 18.2 Å². The Kier molecular flexibility index (Phi) is 2.71. The van der Waals surface area contributed by atoms with Gasteiger partial charge in [-0.15, -0.1) is 11.3 Å². The molecule has 0 saturated heterocycles. The smallest absolute Gasteiger partial charge is 0.196 e. The van der Waals surface area contributed by atoms with Gasteiger partial charge in [0, 0.05) is 17.3 Å². The highest BCUT2D eigenvalue weighted by molar-refractivity contribution is 7.09. The largest absolute Gasteiger partial charge is 0.369 e. The average Bonchev–Trinajstić information content (AvgIpc) is 2.97. The Bertz CT molecular complexity index is 582. The Hall–Kier alpha value is -1.95. The minimum Gasteiger partial charge on any atom is -0.369 e. The first-order chi connectivity index (χ1) is 8.75. The molecule has 2 aromatic rings. The average molecular weight is 262 g/mol. The summed E-state index contributed by atoms with van der Waals surface area (Å²) in [6.07, 6.45) is 1.75. The molecule has 0 radical (unpaired) electrons. The van der Waals surface area contributed by atoms with Gasteiger partial charge >= 0.3 is 0 Å². The van der Waals surface area contributed by atoms with Crippen molar-refractivity contribution in [2.75, 3.05) is 11.4 Å². The number of benzene rings is 1. The molecule has 1 aliphatic heterocycles. The Morgan fingerprint density at radius 3 is 3.06 bits per heavy atom. The Morgan fingerprint density at radius 2 is 2.33 bits per heavy atom. The van der Waals surface area contributed by atoms with E-state index in [1.165, 1.54) is 12.1 Å². The van der Waals surface area contributed by atoms with E-state index in [0.29, 0.717) is 18.2 Å². The van der Waals surface area contributed by atoms with Crippen LogP contribution >= 0.6 is 11.3 Å². The van der Waals surface area contributed by atoms with E-state index in [0.717, 1.165) is 5.01 Å². The molecule has 1 aliphatic rings. The van der Waals surface area contributed by atoms with Crippen molar-refractivity contribution in [3.05, 3.63) is 46.7 Å². The molecule has 0 spiro atoms. The zero-order valence-electron chi connectivity index (χ0n) is 9.45. The summed E-state index contributed by atoms with van der Waals surface area (Å²) in [5, 5.41) is 2.84. The van der Waals surface area contributed by atoms with Crippen LogP contribution in [0.1, 0.15) is 11.0 Å². The number of halogens is 1. The predicted molar refractivity (Wildman–Crippen MR) is 70.2 cm³/mol. The molecule has 1 unspecified atom stereocenters. The zero-order chi connectivity index (χ0) is 12.5. The van der Waals surface area contributed by atoms with Gasteiger partial charge in [0.05, 0.1) is 6.54 Å². The molecule has 0 bridgehead atoms. The maximum absolute atomic E-state index is 13.3. The number of hydrogen-bond acceptors (Lipinski definition) is 5. The molecule has 1 aromatic heterocycles. The molecular formula is C12H11FN4S. The molecule has 18 heavy (non-hydrogen) atoms.